The van der Waals surface area contributed by atoms with Crippen molar-refractivity contribution in [3.05, 3.63) is 0 Å². The molecule has 0 bridgehead atoms. The van der Waals surface area contributed by atoms with Gasteiger partial charge in [0.1, 0.15) is 0 Å². The summed E-state index contributed by atoms with van der Waals surface area (Å²) in [5, 5.41) is 3.54. The topological polar surface area (TPSA) is 33.7 Å². The van der Waals surface area contributed by atoms with Gasteiger partial charge in [-0.15, -0.1) is 0 Å². The van der Waals surface area contributed by atoms with E-state index in [1.807, 2.05) is 13.8 Å². The second-order valence-corrected chi connectivity index (χ2v) is 4.49. The first-order valence-electron chi connectivity index (χ1n) is 6.99. The van der Waals surface area contributed by atoms with Crippen LogP contribution >= 0.6 is 0 Å². The molecule has 0 spiro atoms. The Hall–Kier alpha value is -0.160. The van der Waals surface area contributed by atoms with Crippen molar-refractivity contribution in [2.45, 2.75) is 45.9 Å². The number of rotatable bonds is 9. The molecule has 1 aliphatic rings. The number of hydrogen-bond acceptors (Lipinski definition) is 4. The van der Waals surface area contributed by atoms with Crippen LogP contribution < -0.4 is 5.32 Å². The SMILES string of the molecule is CCOC(CN(CC)CC1CCCN1)OCC. The quantitative estimate of drug-likeness (QED) is 0.623. The molecule has 4 nitrogen and oxygen atoms in total. The highest BCUT2D eigenvalue weighted by molar-refractivity contribution is 4.77. The second-order valence-electron chi connectivity index (χ2n) is 4.49. The van der Waals surface area contributed by atoms with Crippen molar-refractivity contribution in [2.24, 2.45) is 0 Å². The predicted octanol–water partition coefficient (Wildman–Crippen LogP) is 1.46. The maximum absolute atomic E-state index is 5.59. The summed E-state index contributed by atoms with van der Waals surface area (Å²) in [7, 11) is 0. The molecule has 0 radical (unpaired) electrons. The molecular formula is C13H28N2O2. The summed E-state index contributed by atoms with van der Waals surface area (Å²) in [4.78, 5) is 2.42. The fourth-order valence-electron chi connectivity index (χ4n) is 2.29. The summed E-state index contributed by atoms with van der Waals surface area (Å²) in [6.07, 6.45) is 2.53. The van der Waals surface area contributed by atoms with Crippen molar-refractivity contribution in [1.82, 2.24) is 10.2 Å². The summed E-state index contributed by atoms with van der Waals surface area (Å²) < 4.78 is 11.2. The highest BCUT2D eigenvalue weighted by atomic mass is 16.7. The number of likely N-dealkylation sites (N-methyl/N-ethyl adjacent to an activating group) is 1. The van der Waals surface area contributed by atoms with Gasteiger partial charge in [-0.05, 0) is 39.8 Å². The fraction of sp³-hybridized carbons (Fsp3) is 1.00. The minimum atomic E-state index is -0.0775. The van der Waals surface area contributed by atoms with Crippen molar-refractivity contribution in [3.63, 3.8) is 0 Å². The molecule has 1 rings (SSSR count). The van der Waals surface area contributed by atoms with Crippen molar-refractivity contribution < 1.29 is 9.47 Å². The fourth-order valence-corrected chi connectivity index (χ4v) is 2.29. The second kappa shape index (κ2) is 8.86. The van der Waals surface area contributed by atoms with Crippen molar-refractivity contribution in [1.29, 1.82) is 0 Å². The first kappa shape index (κ1) is 14.9. The number of nitrogens with one attached hydrogen (secondary N) is 1. The molecule has 1 heterocycles. The van der Waals surface area contributed by atoms with Crippen LogP contribution in [0.4, 0.5) is 0 Å². The smallest absolute Gasteiger partial charge is 0.170 e. The molecule has 17 heavy (non-hydrogen) atoms. The van der Waals surface area contributed by atoms with Gasteiger partial charge in [-0.2, -0.15) is 0 Å². The standard InChI is InChI=1S/C13H28N2O2/c1-4-15(10-12-8-7-9-14-12)11-13(16-5-2)17-6-3/h12-14H,4-11H2,1-3H3. The van der Waals surface area contributed by atoms with E-state index < -0.39 is 0 Å². The zero-order valence-corrected chi connectivity index (χ0v) is 11.6. The van der Waals surface area contributed by atoms with Crippen LogP contribution in [-0.4, -0.2) is 56.6 Å². The van der Waals surface area contributed by atoms with E-state index >= 15 is 0 Å². The lowest BCUT2D eigenvalue weighted by Gasteiger charge is -2.28. The molecule has 0 aromatic rings. The minimum Gasteiger partial charge on any atom is -0.352 e. The van der Waals surface area contributed by atoms with E-state index in [-0.39, 0.29) is 6.29 Å². The normalized spacial score (nSPS) is 20.6. The van der Waals surface area contributed by atoms with Crippen LogP contribution in [0, 0.1) is 0 Å². The average Bonchev–Trinajstić information content (AvgIpc) is 2.81. The molecule has 1 N–H and O–H groups in total. The van der Waals surface area contributed by atoms with E-state index in [4.69, 9.17) is 9.47 Å². The maximum Gasteiger partial charge on any atom is 0.170 e. The number of nitrogens with zero attached hydrogens (tertiary/aromatic N) is 1. The van der Waals surface area contributed by atoms with Gasteiger partial charge in [0.25, 0.3) is 0 Å². The molecule has 0 aromatic heterocycles. The summed E-state index contributed by atoms with van der Waals surface area (Å²) >= 11 is 0. The van der Waals surface area contributed by atoms with Gasteiger partial charge in [0.05, 0.1) is 0 Å². The van der Waals surface area contributed by atoms with Gasteiger partial charge in [0, 0.05) is 32.3 Å². The summed E-state index contributed by atoms with van der Waals surface area (Å²) in [6.45, 7) is 11.8. The number of ether oxygens (including phenoxy) is 2. The van der Waals surface area contributed by atoms with E-state index in [1.165, 1.54) is 19.4 Å². The molecular weight excluding hydrogens is 216 g/mol. The van der Waals surface area contributed by atoms with E-state index in [9.17, 15) is 0 Å². The summed E-state index contributed by atoms with van der Waals surface area (Å²) in [6, 6.07) is 0.652. The Bertz CT molecular complexity index is 178. The zero-order valence-electron chi connectivity index (χ0n) is 11.6. The lowest BCUT2D eigenvalue weighted by molar-refractivity contribution is -0.147. The van der Waals surface area contributed by atoms with Gasteiger partial charge in [0.2, 0.25) is 0 Å². The summed E-state index contributed by atoms with van der Waals surface area (Å²) in [5.74, 6) is 0. The highest BCUT2D eigenvalue weighted by Crippen LogP contribution is 2.08. The molecule has 0 amide bonds. The Morgan fingerprint density at radius 3 is 2.41 bits per heavy atom. The molecule has 0 aliphatic carbocycles. The Labute approximate surface area is 106 Å². The van der Waals surface area contributed by atoms with Crippen LogP contribution in [0.15, 0.2) is 0 Å². The first-order valence-corrected chi connectivity index (χ1v) is 6.99. The Balaban J connectivity index is 2.31. The largest absolute Gasteiger partial charge is 0.352 e. The highest BCUT2D eigenvalue weighted by Gasteiger charge is 2.19. The van der Waals surface area contributed by atoms with Crippen LogP contribution in [-0.2, 0) is 9.47 Å². The van der Waals surface area contributed by atoms with Crippen molar-refractivity contribution in [3.8, 4) is 0 Å². The van der Waals surface area contributed by atoms with E-state index in [0.29, 0.717) is 19.3 Å². The Morgan fingerprint density at radius 2 is 1.94 bits per heavy atom. The summed E-state index contributed by atoms with van der Waals surface area (Å²) in [5.41, 5.74) is 0. The van der Waals surface area contributed by atoms with Gasteiger partial charge in [-0.1, -0.05) is 6.92 Å². The monoisotopic (exact) mass is 244 g/mol. The lowest BCUT2D eigenvalue weighted by atomic mass is 10.2. The van der Waals surface area contributed by atoms with Gasteiger partial charge >= 0.3 is 0 Å². The third-order valence-corrected chi connectivity index (χ3v) is 3.20. The zero-order chi connectivity index (χ0) is 12.5. The average molecular weight is 244 g/mol. The van der Waals surface area contributed by atoms with Crippen LogP contribution in [0.3, 0.4) is 0 Å². The van der Waals surface area contributed by atoms with Crippen LogP contribution in [0.25, 0.3) is 0 Å². The van der Waals surface area contributed by atoms with Gasteiger partial charge in [0.15, 0.2) is 6.29 Å². The third kappa shape index (κ3) is 5.82. The molecule has 1 unspecified atom stereocenters. The van der Waals surface area contributed by atoms with Crippen LogP contribution in [0.2, 0.25) is 0 Å². The molecule has 0 saturated carbocycles. The molecule has 1 saturated heterocycles. The molecule has 1 atom stereocenters. The maximum atomic E-state index is 5.59. The molecule has 4 heteroatoms. The Kier molecular flexibility index (Phi) is 7.77. The molecule has 1 aliphatic heterocycles. The molecule has 0 aromatic carbocycles. The lowest BCUT2D eigenvalue weighted by Crippen LogP contribution is -2.42. The van der Waals surface area contributed by atoms with Gasteiger partial charge in [-0.25, -0.2) is 0 Å². The van der Waals surface area contributed by atoms with Crippen LogP contribution in [0.1, 0.15) is 33.6 Å². The van der Waals surface area contributed by atoms with Gasteiger partial charge < -0.3 is 14.8 Å². The molecule has 102 valence electrons. The Morgan fingerprint density at radius 1 is 1.24 bits per heavy atom. The molecule has 1 fully saturated rings. The minimum absolute atomic E-state index is 0.0775. The number of hydrogen-bond donors (Lipinski definition) is 1. The van der Waals surface area contributed by atoms with Crippen molar-refractivity contribution in [2.75, 3.05) is 39.4 Å². The third-order valence-electron chi connectivity index (χ3n) is 3.20. The first-order chi connectivity index (χ1) is 8.30. The predicted molar refractivity (Wildman–Crippen MR) is 70.2 cm³/mol. The van der Waals surface area contributed by atoms with E-state index in [1.54, 1.807) is 0 Å². The van der Waals surface area contributed by atoms with E-state index in [0.717, 1.165) is 19.6 Å². The van der Waals surface area contributed by atoms with Gasteiger partial charge in [-0.3, -0.25) is 4.90 Å². The van der Waals surface area contributed by atoms with E-state index in [2.05, 4.69) is 17.1 Å². The van der Waals surface area contributed by atoms with Crippen molar-refractivity contribution >= 4 is 0 Å². The van der Waals surface area contributed by atoms with Crippen LogP contribution in [0.5, 0.6) is 0 Å².